The van der Waals surface area contributed by atoms with Crippen molar-refractivity contribution >= 4 is 23.1 Å². The number of hydrogen-bond donors (Lipinski definition) is 2. The summed E-state index contributed by atoms with van der Waals surface area (Å²) in [5.74, 6) is 0.0193. The number of hydrogen-bond acceptors (Lipinski definition) is 4. The largest absolute Gasteiger partial charge is 0.393 e. The first-order valence-electron chi connectivity index (χ1n) is 6.61. The second kappa shape index (κ2) is 9.23. The van der Waals surface area contributed by atoms with Crippen LogP contribution in [-0.2, 0) is 9.53 Å². The van der Waals surface area contributed by atoms with Crippen LogP contribution in [0.15, 0.2) is 0 Å². The predicted octanol–water partition coefficient (Wildman–Crippen LogP) is 0.916. The first-order chi connectivity index (χ1) is 8.80. The topological polar surface area (TPSA) is 67.6 Å². The van der Waals surface area contributed by atoms with Gasteiger partial charge in [-0.05, 0) is 20.3 Å². The zero-order valence-corrected chi connectivity index (χ0v) is 13.3. The third-order valence-electron chi connectivity index (χ3n) is 3.01. The molecule has 112 valence electrons. The van der Waals surface area contributed by atoms with Gasteiger partial charge in [0.15, 0.2) is 0 Å². The molecule has 0 saturated carbocycles. The molecule has 0 aromatic carbocycles. The fraction of sp³-hybridized carbons (Fsp3) is 0.846. The molecule has 3 N–H and O–H groups in total. The molecule has 0 radical (unpaired) electrons. The number of amides is 1. The average molecular weight is 289 g/mol. The van der Waals surface area contributed by atoms with E-state index in [4.69, 9.17) is 22.7 Å². The van der Waals surface area contributed by atoms with Crippen LogP contribution in [0.2, 0.25) is 0 Å². The monoisotopic (exact) mass is 289 g/mol. The molecule has 0 bridgehead atoms. The first-order valence-corrected chi connectivity index (χ1v) is 7.02. The van der Waals surface area contributed by atoms with Crippen molar-refractivity contribution in [2.24, 2.45) is 5.73 Å². The van der Waals surface area contributed by atoms with E-state index in [9.17, 15) is 4.79 Å². The lowest BCUT2D eigenvalue weighted by Gasteiger charge is -2.27. The molecule has 0 fully saturated rings. The fourth-order valence-electron chi connectivity index (χ4n) is 1.47. The van der Waals surface area contributed by atoms with Crippen LogP contribution in [0, 0.1) is 0 Å². The van der Waals surface area contributed by atoms with Crippen LogP contribution in [0.25, 0.3) is 0 Å². The SMILES string of the molecule is CCC(C)(C)NC(=O)CN(CCOC)CCC(N)=S. The maximum atomic E-state index is 12.0. The van der Waals surface area contributed by atoms with Gasteiger partial charge in [-0.2, -0.15) is 0 Å². The van der Waals surface area contributed by atoms with Gasteiger partial charge in [0.1, 0.15) is 0 Å². The summed E-state index contributed by atoms with van der Waals surface area (Å²) in [6.07, 6.45) is 1.51. The normalized spacial score (nSPS) is 11.6. The van der Waals surface area contributed by atoms with Crippen molar-refractivity contribution in [3.8, 4) is 0 Å². The number of nitrogens with one attached hydrogen (secondary N) is 1. The first kappa shape index (κ1) is 18.3. The van der Waals surface area contributed by atoms with Crippen LogP contribution in [-0.4, -0.2) is 54.7 Å². The van der Waals surface area contributed by atoms with E-state index in [0.717, 1.165) is 6.42 Å². The Morgan fingerprint density at radius 3 is 2.53 bits per heavy atom. The Kier molecular flexibility index (Phi) is 8.88. The van der Waals surface area contributed by atoms with E-state index in [1.807, 2.05) is 18.7 Å². The van der Waals surface area contributed by atoms with Gasteiger partial charge in [0.05, 0.1) is 18.1 Å². The van der Waals surface area contributed by atoms with Crippen LogP contribution in [0.5, 0.6) is 0 Å². The lowest BCUT2D eigenvalue weighted by atomic mass is 10.0. The molecular formula is C13H27N3O2S. The van der Waals surface area contributed by atoms with Crippen LogP contribution in [0.4, 0.5) is 0 Å². The quantitative estimate of drug-likeness (QED) is 0.585. The van der Waals surface area contributed by atoms with Gasteiger partial charge >= 0.3 is 0 Å². The summed E-state index contributed by atoms with van der Waals surface area (Å²) in [4.78, 5) is 14.5. The van der Waals surface area contributed by atoms with Crippen molar-refractivity contribution in [1.82, 2.24) is 10.2 Å². The molecule has 0 atom stereocenters. The summed E-state index contributed by atoms with van der Waals surface area (Å²) < 4.78 is 5.05. The number of methoxy groups -OCH3 is 1. The summed E-state index contributed by atoms with van der Waals surface area (Å²) in [6, 6.07) is 0. The van der Waals surface area contributed by atoms with Crippen molar-refractivity contribution < 1.29 is 9.53 Å². The van der Waals surface area contributed by atoms with Crippen molar-refractivity contribution in [3.63, 3.8) is 0 Å². The molecule has 0 aromatic rings. The van der Waals surface area contributed by atoms with Gasteiger partial charge in [0, 0.05) is 32.2 Å². The van der Waals surface area contributed by atoms with Crippen molar-refractivity contribution in [1.29, 1.82) is 0 Å². The molecule has 0 aliphatic carbocycles. The lowest BCUT2D eigenvalue weighted by Crippen LogP contribution is -2.48. The zero-order valence-electron chi connectivity index (χ0n) is 12.5. The zero-order chi connectivity index (χ0) is 14.9. The molecule has 0 rings (SSSR count). The maximum Gasteiger partial charge on any atom is 0.234 e. The Morgan fingerprint density at radius 2 is 2.05 bits per heavy atom. The summed E-state index contributed by atoms with van der Waals surface area (Å²) in [5.41, 5.74) is 5.32. The molecule has 6 heteroatoms. The van der Waals surface area contributed by atoms with Crippen LogP contribution < -0.4 is 11.1 Å². The van der Waals surface area contributed by atoms with Crippen LogP contribution in [0.3, 0.4) is 0 Å². The minimum absolute atomic E-state index is 0.0193. The minimum Gasteiger partial charge on any atom is -0.393 e. The number of rotatable bonds is 10. The Morgan fingerprint density at radius 1 is 1.42 bits per heavy atom. The smallest absolute Gasteiger partial charge is 0.234 e. The number of nitrogens with two attached hydrogens (primary N) is 1. The molecule has 1 amide bonds. The van der Waals surface area contributed by atoms with Crippen LogP contribution in [0.1, 0.15) is 33.6 Å². The highest BCUT2D eigenvalue weighted by Crippen LogP contribution is 2.06. The molecule has 0 spiro atoms. The Bertz CT molecular complexity index is 296. The molecule has 0 saturated heterocycles. The summed E-state index contributed by atoms with van der Waals surface area (Å²) >= 11 is 4.87. The molecule has 0 unspecified atom stereocenters. The highest BCUT2D eigenvalue weighted by molar-refractivity contribution is 7.80. The second-order valence-electron chi connectivity index (χ2n) is 5.27. The van der Waals surface area contributed by atoms with E-state index >= 15 is 0 Å². The molecule has 19 heavy (non-hydrogen) atoms. The number of carbonyl (C=O) groups is 1. The highest BCUT2D eigenvalue weighted by atomic mass is 32.1. The van der Waals surface area contributed by atoms with E-state index in [1.165, 1.54) is 0 Å². The van der Waals surface area contributed by atoms with Gasteiger partial charge in [-0.1, -0.05) is 19.1 Å². The summed E-state index contributed by atoms with van der Waals surface area (Å²) in [7, 11) is 1.64. The highest BCUT2D eigenvalue weighted by Gasteiger charge is 2.19. The van der Waals surface area contributed by atoms with E-state index in [-0.39, 0.29) is 11.4 Å². The minimum atomic E-state index is -0.173. The molecule has 0 heterocycles. The maximum absolute atomic E-state index is 12.0. The Labute approximate surface area is 121 Å². The molecule has 0 aromatic heterocycles. The van der Waals surface area contributed by atoms with Gasteiger partial charge in [0.2, 0.25) is 5.91 Å². The number of nitrogens with zero attached hydrogens (tertiary/aromatic N) is 1. The average Bonchev–Trinajstić information content (AvgIpc) is 2.31. The number of carbonyl (C=O) groups excluding carboxylic acids is 1. The molecule has 5 nitrogen and oxygen atoms in total. The Balaban J connectivity index is 4.28. The lowest BCUT2D eigenvalue weighted by molar-refractivity contribution is -0.124. The third-order valence-corrected chi connectivity index (χ3v) is 3.22. The van der Waals surface area contributed by atoms with E-state index in [2.05, 4.69) is 12.2 Å². The number of thiocarbonyl (C=S) groups is 1. The predicted molar refractivity (Wildman–Crippen MR) is 82.2 cm³/mol. The summed E-state index contributed by atoms with van der Waals surface area (Å²) in [6.45, 7) is 8.38. The Hall–Kier alpha value is -0.720. The van der Waals surface area contributed by atoms with Gasteiger partial charge in [0.25, 0.3) is 0 Å². The van der Waals surface area contributed by atoms with E-state index < -0.39 is 0 Å². The van der Waals surface area contributed by atoms with Crippen molar-refractivity contribution in [3.05, 3.63) is 0 Å². The van der Waals surface area contributed by atoms with E-state index in [0.29, 0.717) is 37.7 Å². The van der Waals surface area contributed by atoms with Gasteiger partial charge in [-0.25, -0.2) is 0 Å². The summed E-state index contributed by atoms with van der Waals surface area (Å²) in [5, 5.41) is 3.01. The standard InChI is InChI=1S/C13H27N3O2S/c1-5-13(2,3)15-12(17)10-16(8-9-18-4)7-6-11(14)19/h5-10H2,1-4H3,(H2,14,19)(H,15,17). The third kappa shape index (κ3) is 9.81. The number of ether oxygens (including phenoxy) is 1. The van der Waals surface area contributed by atoms with Gasteiger partial charge < -0.3 is 15.8 Å². The van der Waals surface area contributed by atoms with Gasteiger partial charge in [-0.3, -0.25) is 9.69 Å². The molecular weight excluding hydrogens is 262 g/mol. The fourth-order valence-corrected chi connectivity index (χ4v) is 1.56. The van der Waals surface area contributed by atoms with Gasteiger partial charge in [-0.15, -0.1) is 0 Å². The van der Waals surface area contributed by atoms with Crippen LogP contribution >= 0.6 is 12.2 Å². The molecule has 0 aliphatic heterocycles. The van der Waals surface area contributed by atoms with Crippen molar-refractivity contribution in [2.75, 3.05) is 33.4 Å². The second-order valence-corrected chi connectivity index (χ2v) is 5.80. The van der Waals surface area contributed by atoms with Crippen molar-refractivity contribution in [2.45, 2.75) is 39.2 Å². The van der Waals surface area contributed by atoms with E-state index in [1.54, 1.807) is 7.11 Å². The molecule has 0 aliphatic rings.